The fourth-order valence-electron chi connectivity index (χ4n) is 6.66. The van der Waals surface area contributed by atoms with Gasteiger partial charge in [-0.15, -0.1) is 0 Å². The van der Waals surface area contributed by atoms with Gasteiger partial charge in [0.05, 0.1) is 23.3 Å². The van der Waals surface area contributed by atoms with E-state index in [0.717, 1.165) is 93.9 Å². The molecule has 8 heteroatoms. The van der Waals surface area contributed by atoms with Gasteiger partial charge in [0, 0.05) is 87.8 Å². The summed E-state index contributed by atoms with van der Waals surface area (Å²) in [5, 5.41) is 10.6. The zero-order valence-corrected chi connectivity index (χ0v) is 23.3. The summed E-state index contributed by atoms with van der Waals surface area (Å²) in [5.74, 6) is 0.157. The number of hydrogen-bond acceptors (Lipinski definition) is 7. The first kappa shape index (κ1) is 26.7. The smallest absolute Gasteiger partial charge is 0.253 e. The van der Waals surface area contributed by atoms with E-state index in [-0.39, 0.29) is 18.1 Å². The zero-order chi connectivity index (χ0) is 27.5. The standard InChI is InChI=1S/C32H38N6O2/c1-24-21-38(30-10-9-26(20-33)31-29(30)8-5-13-34-31)23-28(40-24)22-35-16-18-36(19-17-35)27-11-14-37(15-12-27)32(39)25-6-3-2-4-7-25/h2-10,13,24,27-28H,11-12,14-19,21-23H2,1H3/t24-,28+/m1/s1. The Balaban J connectivity index is 1.01. The number of carbonyl (C=O) groups is 1. The van der Waals surface area contributed by atoms with Crippen molar-refractivity contribution in [2.24, 2.45) is 0 Å². The number of aromatic nitrogens is 1. The number of carbonyl (C=O) groups excluding carboxylic acids is 1. The number of piperidine rings is 1. The van der Waals surface area contributed by atoms with Crippen molar-refractivity contribution in [3.8, 4) is 6.07 Å². The van der Waals surface area contributed by atoms with Gasteiger partial charge in [-0.2, -0.15) is 5.26 Å². The molecule has 0 N–H and O–H groups in total. The summed E-state index contributed by atoms with van der Waals surface area (Å²) in [6.07, 6.45) is 4.11. The third-order valence-corrected chi connectivity index (χ3v) is 8.69. The van der Waals surface area contributed by atoms with E-state index < -0.39 is 0 Å². The van der Waals surface area contributed by atoms with Crippen LogP contribution in [0.3, 0.4) is 0 Å². The molecule has 3 fully saturated rings. The van der Waals surface area contributed by atoms with Crippen LogP contribution < -0.4 is 4.90 Å². The molecule has 0 spiro atoms. The molecule has 3 aliphatic rings. The maximum Gasteiger partial charge on any atom is 0.253 e. The molecule has 2 aromatic carbocycles. The molecule has 40 heavy (non-hydrogen) atoms. The lowest BCUT2D eigenvalue weighted by molar-refractivity contribution is -0.0407. The molecule has 0 saturated carbocycles. The lowest BCUT2D eigenvalue weighted by atomic mass is 10.0. The highest BCUT2D eigenvalue weighted by Crippen LogP contribution is 2.30. The van der Waals surface area contributed by atoms with Crippen molar-refractivity contribution in [1.82, 2.24) is 19.7 Å². The zero-order valence-electron chi connectivity index (χ0n) is 23.3. The Bertz CT molecular complexity index is 1360. The normalized spacial score (nSPS) is 23.3. The molecule has 2 atom stereocenters. The first-order valence-electron chi connectivity index (χ1n) is 14.6. The number of nitriles is 1. The van der Waals surface area contributed by atoms with E-state index in [4.69, 9.17) is 4.74 Å². The molecular weight excluding hydrogens is 500 g/mol. The van der Waals surface area contributed by atoms with Crippen LogP contribution in [0, 0.1) is 11.3 Å². The largest absolute Gasteiger partial charge is 0.370 e. The first-order valence-corrected chi connectivity index (χ1v) is 14.6. The molecule has 3 aliphatic heterocycles. The molecule has 3 aromatic rings. The first-order chi connectivity index (χ1) is 19.6. The number of anilines is 1. The Kier molecular flexibility index (Phi) is 7.96. The lowest BCUT2D eigenvalue weighted by Crippen LogP contribution is -2.56. The van der Waals surface area contributed by atoms with E-state index in [1.54, 1.807) is 6.20 Å². The molecular formula is C32H38N6O2. The van der Waals surface area contributed by atoms with Gasteiger partial charge in [-0.05, 0) is 56.2 Å². The van der Waals surface area contributed by atoms with Crippen LogP contribution in [0.25, 0.3) is 10.9 Å². The average molecular weight is 539 g/mol. The van der Waals surface area contributed by atoms with Crippen molar-refractivity contribution in [3.63, 3.8) is 0 Å². The van der Waals surface area contributed by atoms with Gasteiger partial charge in [-0.1, -0.05) is 18.2 Å². The molecule has 0 radical (unpaired) electrons. The third-order valence-electron chi connectivity index (χ3n) is 8.69. The molecule has 8 nitrogen and oxygen atoms in total. The van der Waals surface area contributed by atoms with Gasteiger partial charge in [0.1, 0.15) is 6.07 Å². The van der Waals surface area contributed by atoms with Crippen LogP contribution in [-0.4, -0.2) is 103 Å². The van der Waals surface area contributed by atoms with Crippen molar-refractivity contribution in [2.75, 3.05) is 63.8 Å². The minimum Gasteiger partial charge on any atom is -0.370 e. The third kappa shape index (κ3) is 5.68. The number of hydrogen-bond donors (Lipinski definition) is 0. The number of ether oxygens (including phenoxy) is 1. The number of nitrogens with zero attached hydrogens (tertiary/aromatic N) is 6. The Morgan fingerprint density at radius 2 is 1.75 bits per heavy atom. The highest BCUT2D eigenvalue weighted by atomic mass is 16.5. The predicted octanol–water partition coefficient (Wildman–Crippen LogP) is 3.62. The molecule has 1 amide bonds. The van der Waals surface area contributed by atoms with Crippen LogP contribution in [0.5, 0.6) is 0 Å². The second-order valence-corrected chi connectivity index (χ2v) is 11.3. The average Bonchev–Trinajstić information content (AvgIpc) is 3.01. The molecule has 1 aromatic heterocycles. The highest BCUT2D eigenvalue weighted by molar-refractivity contribution is 5.95. The van der Waals surface area contributed by atoms with Crippen molar-refractivity contribution in [3.05, 3.63) is 71.9 Å². The van der Waals surface area contributed by atoms with Gasteiger partial charge in [-0.25, -0.2) is 0 Å². The number of fused-ring (bicyclic) bond motifs is 1. The number of amides is 1. The van der Waals surface area contributed by atoms with E-state index in [9.17, 15) is 10.1 Å². The second-order valence-electron chi connectivity index (χ2n) is 11.3. The minimum absolute atomic E-state index is 0.130. The number of benzene rings is 2. The van der Waals surface area contributed by atoms with Gasteiger partial charge in [0.25, 0.3) is 5.91 Å². The van der Waals surface area contributed by atoms with Crippen LogP contribution in [0.1, 0.15) is 35.7 Å². The van der Waals surface area contributed by atoms with Crippen molar-refractivity contribution in [1.29, 1.82) is 5.26 Å². The van der Waals surface area contributed by atoms with E-state index in [1.807, 2.05) is 47.4 Å². The molecule has 3 saturated heterocycles. The van der Waals surface area contributed by atoms with Crippen LogP contribution in [0.15, 0.2) is 60.8 Å². The quantitative estimate of drug-likeness (QED) is 0.491. The number of piperazine rings is 1. The second kappa shape index (κ2) is 11.9. The lowest BCUT2D eigenvalue weighted by Gasteiger charge is -2.45. The van der Waals surface area contributed by atoms with Crippen LogP contribution >= 0.6 is 0 Å². The van der Waals surface area contributed by atoms with E-state index in [0.29, 0.717) is 11.6 Å². The fourth-order valence-corrected chi connectivity index (χ4v) is 6.66. The molecule has 0 aliphatic carbocycles. The Morgan fingerprint density at radius 1 is 0.975 bits per heavy atom. The number of pyridine rings is 1. The van der Waals surface area contributed by atoms with Crippen molar-refractivity contribution >= 4 is 22.5 Å². The summed E-state index contributed by atoms with van der Waals surface area (Å²) < 4.78 is 6.41. The van der Waals surface area contributed by atoms with Gasteiger partial charge in [0.2, 0.25) is 0 Å². The summed E-state index contributed by atoms with van der Waals surface area (Å²) in [7, 11) is 0. The summed E-state index contributed by atoms with van der Waals surface area (Å²) in [6, 6.07) is 20.4. The SMILES string of the molecule is C[C@@H]1CN(c2ccc(C#N)c3ncccc23)C[C@H](CN2CCN(C3CCN(C(=O)c4ccccc4)CC3)CC2)O1. The summed E-state index contributed by atoms with van der Waals surface area (Å²) in [6.45, 7) is 10.6. The van der Waals surface area contributed by atoms with Crippen LogP contribution in [0.4, 0.5) is 5.69 Å². The Hall–Kier alpha value is -3.51. The number of morpholine rings is 1. The summed E-state index contributed by atoms with van der Waals surface area (Å²) >= 11 is 0. The maximum atomic E-state index is 12.8. The number of rotatable bonds is 5. The van der Waals surface area contributed by atoms with E-state index in [1.165, 1.54) is 0 Å². The summed E-state index contributed by atoms with van der Waals surface area (Å²) in [5.41, 5.74) is 3.30. The minimum atomic E-state index is 0.130. The van der Waals surface area contributed by atoms with Gasteiger partial charge in [0.15, 0.2) is 0 Å². The van der Waals surface area contributed by atoms with Crippen LogP contribution in [0.2, 0.25) is 0 Å². The van der Waals surface area contributed by atoms with Gasteiger partial charge in [-0.3, -0.25) is 19.6 Å². The van der Waals surface area contributed by atoms with Gasteiger partial charge >= 0.3 is 0 Å². The van der Waals surface area contributed by atoms with Crippen LogP contribution in [-0.2, 0) is 4.74 Å². The Morgan fingerprint density at radius 3 is 2.50 bits per heavy atom. The molecule has 0 bridgehead atoms. The molecule has 6 rings (SSSR count). The predicted molar refractivity (Wildman–Crippen MR) is 156 cm³/mol. The number of likely N-dealkylation sites (tertiary alicyclic amines) is 1. The highest BCUT2D eigenvalue weighted by Gasteiger charge is 2.32. The molecule has 208 valence electrons. The van der Waals surface area contributed by atoms with Gasteiger partial charge < -0.3 is 14.5 Å². The van der Waals surface area contributed by atoms with E-state index >= 15 is 0 Å². The maximum absolute atomic E-state index is 12.8. The molecule has 4 heterocycles. The molecule has 0 unspecified atom stereocenters. The van der Waals surface area contributed by atoms with E-state index in [2.05, 4.69) is 44.8 Å². The Labute approximate surface area is 236 Å². The monoisotopic (exact) mass is 538 g/mol. The topological polar surface area (TPSA) is 75.9 Å². The summed E-state index contributed by atoms with van der Waals surface area (Å²) in [4.78, 5) is 26.9. The van der Waals surface area contributed by atoms with Crippen molar-refractivity contribution in [2.45, 2.75) is 38.0 Å². The van der Waals surface area contributed by atoms with Crippen molar-refractivity contribution < 1.29 is 9.53 Å². The fraction of sp³-hybridized carbons (Fsp3) is 0.469.